The molecule has 0 saturated heterocycles. The van der Waals surface area contributed by atoms with Crippen LogP contribution in [-0.2, 0) is 22.2 Å². The van der Waals surface area contributed by atoms with Crippen LogP contribution in [0.3, 0.4) is 0 Å². The molecule has 7 nitrogen and oxygen atoms in total. The van der Waals surface area contributed by atoms with E-state index in [-0.39, 0.29) is 25.4 Å². The van der Waals surface area contributed by atoms with Gasteiger partial charge in [0.1, 0.15) is 12.4 Å². The van der Waals surface area contributed by atoms with E-state index in [1.165, 1.54) is 24.3 Å². The van der Waals surface area contributed by atoms with Crippen molar-refractivity contribution >= 4 is 23.4 Å². The number of benzene rings is 3. The number of nitrogens with zero attached hydrogens (tertiary/aromatic N) is 1. The molecule has 192 valence electrons. The van der Waals surface area contributed by atoms with Crippen LogP contribution in [0.5, 0.6) is 11.5 Å². The molecule has 0 bridgehead atoms. The fraction of sp³-hybridized carbons (Fsp3) is 0.185. The van der Waals surface area contributed by atoms with Crippen molar-refractivity contribution in [2.75, 3.05) is 18.1 Å². The lowest BCUT2D eigenvalue weighted by Crippen LogP contribution is -2.22. The number of hydrogen-bond donors (Lipinski definition) is 2. The molecule has 0 amide bonds. The Bertz CT molecular complexity index is 1280. The molecule has 3 aromatic rings. The number of nitrogens with two attached hydrogens (primary N) is 2. The lowest BCUT2D eigenvalue weighted by Gasteiger charge is -2.19. The number of unbranched alkanes of at least 4 members (excludes halogenated alkanes) is 1. The molecule has 3 rings (SSSR count). The molecule has 0 aliphatic carbocycles. The first kappa shape index (κ1) is 26.9. The summed E-state index contributed by atoms with van der Waals surface area (Å²) in [5, 5.41) is 8.50. The van der Waals surface area contributed by atoms with Gasteiger partial charge in [-0.25, -0.2) is 9.18 Å². The minimum absolute atomic E-state index is 0.0359. The number of carbonyl (C=O) groups excluding carboxylic acids is 1. The molecule has 0 radical (unpaired) electrons. The van der Waals surface area contributed by atoms with Crippen LogP contribution in [0.4, 0.5) is 24.5 Å². The van der Waals surface area contributed by atoms with Crippen molar-refractivity contribution < 1.29 is 32.2 Å². The standard InChI is InChI=1S/C27H24F3N3O4/c28-24-16-23(35-12-2-1-11-31)8-9-25(24)37-27(29,30)20-6-3-18(4-7-20)5-10-26(34)36-17-19-13-21(32)15-22(33)14-19/h3-10,13-16H,1-2,12,17,32-33H2/b10-5+. The molecule has 4 N–H and O–H groups in total. The molecular weight excluding hydrogens is 487 g/mol. The molecule has 0 saturated carbocycles. The lowest BCUT2D eigenvalue weighted by atomic mass is 10.1. The van der Waals surface area contributed by atoms with Crippen LogP contribution in [0.1, 0.15) is 29.5 Å². The van der Waals surface area contributed by atoms with E-state index in [0.717, 1.165) is 30.3 Å². The summed E-state index contributed by atoms with van der Waals surface area (Å²) in [7, 11) is 0. The zero-order valence-electron chi connectivity index (χ0n) is 19.6. The number of rotatable bonds is 11. The second-order valence-corrected chi connectivity index (χ2v) is 7.89. The Morgan fingerprint density at radius 2 is 1.73 bits per heavy atom. The fourth-order valence-corrected chi connectivity index (χ4v) is 3.18. The maximum Gasteiger partial charge on any atom is 0.426 e. The highest BCUT2D eigenvalue weighted by Gasteiger charge is 2.35. The van der Waals surface area contributed by atoms with Gasteiger partial charge in [-0.3, -0.25) is 0 Å². The lowest BCUT2D eigenvalue weighted by molar-refractivity contribution is -0.187. The van der Waals surface area contributed by atoms with Gasteiger partial charge in [0.05, 0.1) is 18.2 Å². The first-order valence-electron chi connectivity index (χ1n) is 11.1. The van der Waals surface area contributed by atoms with Gasteiger partial charge in [-0.15, -0.1) is 0 Å². The quantitative estimate of drug-likeness (QED) is 0.150. The van der Waals surface area contributed by atoms with Crippen molar-refractivity contribution in [2.45, 2.75) is 25.6 Å². The predicted octanol–water partition coefficient (Wildman–Crippen LogP) is 5.56. The molecule has 0 heterocycles. The van der Waals surface area contributed by atoms with Crippen LogP contribution >= 0.6 is 0 Å². The first-order chi connectivity index (χ1) is 17.7. The summed E-state index contributed by atoms with van der Waals surface area (Å²) in [5.41, 5.74) is 12.8. The molecule has 0 atom stereocenters. The second kappa shape index (κ2) is 12.4. The maximum atomic E-state index is 14.6. The van der Waals surface area contributed by atoms with Gasteiger partial charge in [0.15, 0.2) is 11.6 Å². The van der Waals surface area contributed by atoms with Crippen molar-refractivity contribution in [3.8, 4) is 17.6 Å². The minimum atomic E-state index is -3.82. The average Bonchev–Trinajstić information content (AvgIpc) is 2.85. The minimum Gasteiger partial charge on any atom is -0.493 e. The number of halogens is 3. The summed E-state index contributed by atoms with van der Waals surface area (Å²) >= 11 is 0. The monoisotopic (exact) mass is 511 g/mol. The summed E-state index contributed by atoms with van der Waals surface area (Å²) < 4.78 is 58.5. The van der Waals surface area contributed by atoms with Crippen LogP contribution in [0.15, 0.2) is 66.7 Å². The molecule has 0 fully saturated rings. The van der Waals surface area contributed by atoms with E-state index in [1.807, 2.05) is 6.07 Å². The van der Waals surface area contributed by atoms with Crippen molar-refractivity contribution in [2.24, 2.45) is 0 Å². The summed E-state index contributed by atoms with van der Waals surface area (Å²) in [6.07, 6.45) is -0.530. The van der Waals surface area contributed by atoms with Crippen LogP contribution in [-0.4, -0.2) is 12.6 Å². The Morgan fingerprint density at radius 3 is 2.38 bits per heavy atom. The average molecular weight is 512 g/mol. The van der Waals surface area contributed by atoms with E-state index < -0.39 is 29.2 Å². The number of anilines is 2. The summed E-state index contributed by atoms with van der Waals surface area (Å²) in [6, 6.07) is 15.0. The normalized spacial score (nSPS) is 11.2. The van der Waals surface area contributed by atoms with Crippen molar-refractivity contribution in [1.29, 1.82) is 5.26 Å². The summed E-state index contributed by atoms with van der Waals surface area (Å²) in [4.78, 5) is 12.0. The van der Waals surface area contributed by atoms with E-state index in [2.05, 4.69) is 4.74 Å². The number of carbonyl (C=O) groups is 1. The molecule has 0 unspecified atom stereocenters. The van der Waals surface area contributed by atoms with Crippen LogP contribution in [0.2, 0.25) is 0 Å². The number of nitriles is 1. The van der Waals surface area contributed by atoms with Gasteiger partial charge in [0.25, 0.3) is 0 Å². The molecule has 3 aromatic carbocycles. The Morgan fingerprint density at radius 1 is 1.03 bits per heavy atom. The smallest absolute Gasteiger partial charge is 0.426 e. The Kier molecular flexibility index (Phi) is 9.00. The highest BCUT2D eigenvalue weighted by Crippen LogP contribution is 2.34. The SMILES string of the molecule is N#CCCCOc1ccc(OC(F)(F)c2ccc(/C=C/C(=O)OCc3cc(N)cc(N)c3)cc2)c(F)c1. The molecule has 10 heteroatoms. The van der Waals surface area contributed by atoms with Gasteiger partial charge >= 0.3 is 12.1 Å². The van der Waals surface area contributed by atoms with Gasteiger partial charge in [-0.1, -0.05) is 12.1 Å². The number of esters is 1. The van der Waals surface area contributed by atoms with E-state index in [0.29, 0.717) is 28.9 Å². The Labute approximate surface area is 211 Å². The highest BCUT2D eigenvalue weighted by atomic mass is 19.3. The number of hydrogen-bond acceptors (Lipinski definition) is 7. The molecule has 0 aromatic heterocycles. The molecular formula is C27H24F3N3O4. The van der Waals surface area contributed by atoms with E-state index >= 15 is 0 Å². The van der Waals surface area contributed by atoms with Crippen molar-refractivity contribution in [3.05, 3.63) is 89.2 Å². The van der Waals surface area contributed by atoms with Gasteiger partial charge in [0.2, 0.25) is 0 Å². The van der Waals surface area contributed by atoms with E-state index in [1.54, 1.807) is 18.2 Å². The Balaban J connectivity index is 1.56. The number of alkyl halides is 2. The van der Waals surface area contributed by atoms with Gasteiger partial charge in [-0.05, 0) is 66.1 Å². The topological polar surface area (TPSA) is 121 Å². The number of ether oxygens (including phenoxy) is 3. The molecule has 37 heavy (non-hydrogen) atoms. The molecule has 0 aliphatic heterocycles. The third-order valence-corrected chi connectivity index (χ3v) is 4.92. The van der Waals surface area contributed by atoms with E-state index in [4.69, 9.17) is 26.2 Å². The van der Waals surface area contributed by atoms with Crippen molar-refractivity contribution in [3.63, 3.8) is 0 Å². The first-order valence-corrected chi connectivity index (χ1v) is 11.1. The Hall–Kier alpha value is -4.65. The van der Waals surface area contributed by atoms with Crippen molar-refractivity contribution in [1.82, 2.24) is 0 Å². The summed E-state index contributed by atoms with van der Waals surface area (Å²) in [5.74, 6) is -2.18. The molecule has 0 aliphatic rings. The third kappa shape index (κ3) is 8.21. The van der Waals surface area contributed by atoms with Crippen LogP contribution < -0.4 is 20.9 Å². The van der Waals surface area contributed by atoms with Crippen LogP contribution in [0.25, 0.3) is 6.08 Å². The van der Waals surface area contributed by atoms with Crippen LogP contribution in [0, 0.1) is 17.1 Å². The third-order valence-electron chi connectivity index (χ3n) is 4.92. The largest absolute Gasteiger partial charge is 0.493 e. The molecule has 0 spiro atoms. The van der Waals surface area contributed by atoms with Gasteiger partial charge in [0, 0.05) is 29.9 Å². The zero-order valence-corrected chi connectivity index (χ0v) is 19.6. The maximum absolute atomic E-state index is 14.6. The zero-order chi connectivity index (χ0) is 26.8. The van der Waals surface area contributed by atoms with E-state index in [9.17, 15) is 18.0 Å². The van der Waals surface area contributed by atoms with Gasteiger partial charge in [-0.2, -0.15) is 14.0 Å². The predicted molar refractivity (Wildman–Crippen MR) is 132 cm³/mol. The highest BCUT2D eigenvalue weighted by molar-refractivity contribution is 5.87. The second-order valence-electron chi connectivity index (χ2n) is 7.89. The van der Waals surface area contributed by atoms with Gasteiger partial charge < -0.3 is 25.7 Å². The number of nitrogen functional groups attached to an aromatic ring is 2. The fourth-order valence-electron chi connectivity index (χ4n) is 3.18. The summed E-state index contributed by atoms with van der Waals surface area (Å²) in [6.45, 7) is 0.158.